The molecule has 0 saturated carbocycles. The van der Waals surface area contributed by atoms with Gasteiger partial charge in [0.25, 0.3) is 5.91 Å². The van der Waals surface area contributed by atoms with E-state index in [-0.39, 0.29) is 6.54 Å². The molecular formula is C12H7BrF2N2O3S. The minimum absolute atomic E-state index is 0.134. The van der Waals surface area contributed by atoms with Crippen molar-refractivity contribution in [1.29, 1.82) is 0 Å². The van der Waals surface area contributed by atoms with E-state index < -0.39 is 33.7 Å². The predicted octanol–water partition coefficient (Wildman–Crippen LogP) is 3.63. The Hall–Kier alpha value is -1.87. The molecule has 0 bridgehead atoms. The minimum Gasteiger partial charge on any atom is -0.347 e. The topological polar surface area (TPSA) is 72.2 Å². The van der Waals surface area contributed by atoms with Gasteiger partial charge in [-0.1, -0.05) is 0 Å². The SMILES string of the molecule is O=C(NCc1sccc1Br)c1cc(F)c([N+](=O)[O-])cc1F. The molecule has 110 valence electrons. The zero-order valence-electron chi connectivity index (χ0n) is 10.2. The molecule has 0 aliphatic rings. The largest absolute Gasteiger partial charge is 0.347 e. The molecule has 1 amide bonds. The minimum atomic E-state index is -1.26. The van der Waals surface area contributed by atoms with Gasteiger partial charge in [0.2, 0.25) is 5.82 Å². The number of thiophene rings is 1. The zero-order chi connectivity index (χ0) is 15.6. The molecule has 0 saturated heterocycles. The fourth-order valence-corrected chi connectivity index (χ4v) is 2.99. The second-order valence-corrected chi connectivity index (χ2v) is 5.77. The van der Waals surface area contributed by atoms with Gasteiger partial charge < -0.3 is 5.32 Å². The summed E-state index contributed by atoms with van der Waals surface area (Å²) in [5.41, 5.74) is -1.59. The summed E-state index contributed by atoms with van der Waals surface area (Å²) in [5, 5.41) is 14.7. The number of nitrogens with one attached hydrogen (secondary N) is 1. The first-order chi connectivity index (χ1) is 9.90. The average Bonchev–Trinajstić information content (AvgIpc) is 2.83. The van der Waals surface area contributed by atoms with Crippen LogP contribution in [0, 0.1) is 21.7 Å². The average molecular weight is 377 g/mol. The Kier molecular flexibility index (Phi) is 4.63. The molecule has 0 aliphatic carbocycles. The Bertz CT molecular complexity index is 721. The molecule has 1 N–H and O–H groups in total. The Balaban J connectivity index is 2.18. The molecule has 0 radical (unpaired) electrons. The summed E-state index contributed by atoms with van der Waals surface area (Å²) in [6.45, 7) is 0.134. The fourth-order valence-electron chi connectivity index (χ4n) is 1.56. The molecule has 21 heavy (non-hydrogen) atoms. The number of benzene rings is 1. The highest BCUT2D eigenvalue weighted by atomic mass is 79.9. The first kappa shape index (κ1) is 15.5. The third-order valence-electron chi connectivity index (χ3n) is 2.58. The lowest BCUT2D eigenvalue weighted by atomic mass is 10.1. The number of nitrogens with zero attached hydrogens (tertiary/aromatic N) is 1. The van der Waals surface area contributed by atoms with Gasteiger partial charge >= 0.3 is 5.69 Å². The fraction of sp³-hybridized carbons (Fsp3) is 0.0833. The molecule has 1 aromatic heterocycles. The van der Waals surface area contributed by atoms with E-state index in [1.807, 2.05) is 0 Å². The van der Waals surface area contributed by atoms with Crippen LogP contribution >= 0.6 is 27.3 Å². The van der Waals surface area contributed by atoms with E-state index in [2.05, 4.69) is 21.2 Å². The maximum atomic E-state index is 13.6. The zero-order valence-corrected chi connectivity index (χ0v) is 12.6. The Morgan fingerprint density at radius 1 is 1.38 bits per heavy atom. The number of nitro groups is 1. The Morgan fingerprint density at radius 3 is 2.67 bits per heavy atom. The molecule has 0 unspecified atom stereocenters. The van der Waals surface area contributed by atoms with Crippen molar-refractivity contribution in [2.24, 2.45) is 0 Å². The molecule has 2 rings (SSSR count). The van der Waals surface area contributed by atoms with Crippen LogP contribution in [-0.2, 0) is 6.54 Å². The summed E-state index contributed by atoms with van der Waals surface area (Å²) in [4.78, 5) is 22.0. The van der Waals surface area contributed by atoms with Gasteiger partial charge in [0.15, 0.2) is 0 Å². The number of hydrogen-bond acceptors (Lipinski definition) is 4. The van der Waals surface area contributed by atoms with Crippen molar-refractivity contribution in [1.82, 2.24) is 5.32 Å². The normalized spacial score (nSPS) is 10.4. The second-order valence-electron chi connectivity index (χ2n) is 3.91. The van der Waals surface area contributed by atoms with Crippen LogP contribution in [-0.4, -0.2) is 10.8 Å². The molecule has 0 atom stereocenters. The highest BCUT2D eigenvalue weighted by Crippen LogP contribution is 2.23. The van der Waals surface area contributed by atoms with Gasteiger partial charge in [0, 0.05) is 9.35 Å². The summed E-state index contributed by atoms with van der Waals surface area (Å²) in [7, 11) is 0. The number of carbonyl (C=O) groups excluding carboxylic acids is 1. The first-order valence-corrected chi connectivity index (χ1v) is 7.21. The van der Waals surface area contributed by atoms with Crippen LogP contribution in [0.2, 0.25) is 0 Å². The second kappa shape index (κ2) is 6.27. The predicted molar refractivity (Wildman–Crippen MR) is 76.2 cm³/mol. The first-order valence-electron chi connectivity index (χ1n) is 5.53. The van der Waals surface area contributed by atoms with E-state index in [9.17, 15) is 23.7 Å². The van der Waals surface area contributed by atoms with E-state index in [0.29, 0.717) is 12.1 Å². The summed E-state index contributed by atoms with van der Waals surface area (Å²) < 4.78 is 27.9. The van der Waals surface area contributed by atoms with Gasteiger partial charge in [0.1, 0.15) is 5.82 Å². The van der Waals surface area contributed by atoms with Crippen molar-refractivity contribution in [3.63, 3.8) is 0 Å². The van der Waals surface area contributed by atoms with Crippen LogP contribution in [0.1, 0.15) is 15.2 Å². The van der Waals surface area contributed by atoms with Gasteiger partial charge in [-0.05, 0) is 33.4 Å². The lowest BCUT2D eigenvalue weighted by Gasteiger charge is -2.06. The summed E-state index contributed by atoms with van der Waals surface area (Å²) in [6.07, 6.45) is 0. The quantitative estimate of drug-likeness (QED) is 0.654. The maximum Gasteiger partial charge on any atom is 0.307 e. The van der Waals surface area contributed by atoms with Gasteiger partial charge in [-0.3, -0.25) is 14.9 Å². The van der Waals surface area contributed by atoms with E-state index in [0.717, 1.165) is 9.35 Å². The molecule has 0 aliphatic heterocycles. The number of nitro benzene ring substituents is 1. The lowest BCUT2D eigenvalue weighted by molar-refractivity contribution is -0.387. The van der Waals surface area contributed by atoms with Gasteiger partial charge in [-0.25, -0.2) is 4.39 Å². The number of amides is 1. The standard InChI is InChI=1S/C12H7BrF2N2O3S/c13-7-1-2-21-11(7)5-16-12(18)6-3-9(15)10(17(19)20)4-8(6)14/h1-4H,5H2,(H,16,18). The smallest absolute Gasteiger partial charge is 0.307 e. The molecule has 9 heteroatoms. The van der Waals surface area contributed by atoms with Crippen molar-refractivity contribution >= 4 is 38.9 Å². The highest BCUT2D eigenvalue weighted by Gasteiger charge is 2.22. The summed E-state index contributed by atoms with van der Waals surface area (Å²) >= 11 is 4.66. The number of carbonyl (C=O) groups is 1. The monoisotopic (exact) mass is 376 g/mol. The van der Waals surface area contributed by atoms with Gasteiger partial charge in [0.05, 0.1) is 23.1 Å². The van der Waals surface area contributed by atoms with Crippen molar-refractivity contribution in [3.8, 4) is 0 Å². The van der Waals surface area contributed by atoms with Gasteiger partial charge in [-0.2, -0.15) is 4.39 Å². The molecule has 5 nitrogen and oxygen atoms in total. The van der Waals surface area contributed by atoms with Crippen LogP contribution in [0.15, 0.2) is 28.1 Å². The van der Waals surface area contributed by atoms with Crippen LogP contribution < -0.4 is 5.32 Å². The summed E-state index contributed by atoms with van der Waals surface area (Å²) in [6, 6.07) is 2.70. The Labute approximate surface area is 129 Å². The highest BCUT2D eigenvalue weighted by molar-refractivity contribution is 9.10. The lowest BCUT2D eigenvalue weighted by Crippen LogP contribution is -2.24. The number of halogens is 3. The third-order valence-corrected chi connectivity index (χ3v) is 4.50. The van der Waals surface area contributed by atoms with Crippen LogP contribution in [0.3, 0.4) is 0 Å². The van der Waals surface area contributed by atoms with Crippen LogP contribution in [0.4, 0.5) is 14.5 Å². The number of rotatable bonds is 4. The van der Waals surface area contributed by atoms with Crippen LogP contribution in [0.5, 0.6) is 0 Å². The van der Waals surface area contributed by atoms with Crippen molar-refractivity contribution in [3.05, 3.63) is 60.2 Å². The van der Waals surface area contributed by atoms with Crippen molar-refractivity contribution in [2.45, 2.75) is 6.54 Å². The van der Waals surface area contributed by atoms with E-state index in [4.69, 9.17) is 0 Å². The van der Waals surface area contributed by atoms with E-state index >= 15 is 0 Å². The van der Waals surface area contributed by atoms with E-state index in [1.54, 1.807) is 11.4 Å². The summed E-state index contributed by atoms with van der Waals surface area (Å²) in [5.74, 6) is -3.25. The maximum absolute atomic E-state index is 13.6. The molecular weight excluding hydrogens is 370 g/mol. The molecule has 2 aromatic rings. The van der Waals surface area contributed by atoms with Crippen LogP contribution in [0.25, 0.3) is 0 Å². The van der Waals surface area contributed by atoms with Crippen molar-refractivity contribution < 1.29 is 18.5 Å². The molecule has 1 aromatic carbocycles. The van der Waals surface area contributed by atoms with E-state index in [1.165, 1.54) is 11.3 Å². The molecule has 1 heterocycles. The third kappa shape index (κ3) is 3.42. The molecule has 0 fully saturated rings. The molecule has 0 spiro atoms. The Morgan fingerprint density at radius 2 is 2.10 bits per heavy atom. The van der Waals surface area contributed by atoms with Crippen molar-refractivity contribution in [2.75, 3.05) is 0 Å². The number of hydrogen-bond donors (Lipinski definition) is 1. The van der Waals surface area contributed by atoms with Gasteiger partial charge in [-0.15, -0.1) is 11.3 Å².